The number of piperidine rings is 1. The van der Waals surface area contributed by atoms with Gasteiger partial charge in [0.05, 0.1) is 12.2 Å². The minimum atomic E-state index is -0.821. The number of ketones is 1. The van der Waals surface area contributed by atoms with Gasteiger partial charge < -0.3 is 9.84 Å². The van der Waals surface area contributed by atoms with Gasteiger partial charge in [0.1, 0.15) is 11.9 Å². The number of hydrogen-bond donors (Lipinski definition) is 2. The van der Waals surface area contributed by atoms with Gasteiger partial charge in [-0.15, -0.1) is 0 Å². The smallest absolute Gasteiger partial charge is 0.226 e. The Kier molecular flexibility index (Phi) is 5.70. The second kappa shape index (κ2) is 7.36. The van der Waals surface area contributed by atoms with E-state index in [1.54, 1.807) is 0 Å². The van der Waals surface area contributed by atoms with Gasteiger partial charge in [-0.1, -0.05) is 13.0 Å². The van der Waals surface area contributed by atoms with Gasteiger partial charge in [-0.05, 0) is 31.8 Å². The molecule has 2 amide bonds. The zero-order chi connectivity index (χ0) is 17.1. The van der Waals surface area contributed by atoms with Crippen molar-refractivity contribution in [3.63, 3.8) is 0 Å². The van der Waals surface area contributed by atoms with E-state index < -0.39 is 6.10 Å². The van der Waals surface area contributed by atoms with Crippen LogP contribution in [0.3, 0.4) is 0 Å². The van der Waals surface area contributed by atoms with Gasteiger partial charge in [-0.3, -0.25) is 19.7 Å². The average molecular weight is 323 g/mol. The van der Waals surface area contributed by atoms with Crippen molar-refractivity contribution >= 4 is 17.6 Å². The highest BCUT2D eigenvalue weighted by molar-refractivity contribution is 5.97. The maximum absolute atomic E-state index is 12.2. The topological polar surface area (TPSA) is 96.0 Å². The number of epoxide rings is 1. The van der Waals surface area contributed by atoms with E-state index in [0.29, 0.717) is 6.42 Å². The fourth-order valence-electron chi connectivity index (χ4n) is 3.15. The lowest BCUT2D eigenvalue weighted by molar-refractivity contribution is -0.135. The first-order valence-corrected chi connectivity index (χ1v) is 8.13. The Bertz CT molecular complexity index is 511. The minimum absolute atomic E-state index is 0.0400. The number of hydrogen-bond acceptors (Lipinski definition) is 5. The summed E-state index contributed by atoms with van der Waals surface area (Å²) < 4.78 is 5.36. The number of aliphatic hydroxyl groups is 1. The van der Waals surface area contributed by atoms with Crippen LogP contribution in [0.5, 0.6) is 0 Å². The summed E-state index contributed by atoms with van der Waals surface area (Å²) in [6.45, 7) is 5.74. The van der Waals surface area contributed by atoms with Crippen molar-refractivity contribution in [3.05, 3.63) is 11.6 Å². The first kappa shape index (κ1) is 17.8. The molecular formula is C17H25NO5. The van der Waals surface area contributed by atoms with Gasteiger partial charge in [0, 0.05) is 25.2 Å². The van der Waals surface area contributed by atoms with Crippen LogP contribution < -0.4 is 5.32 Å². The van der Waals surface area contributed by atoms with Crippen molar-refractivity contribution < 1.29 is 24.2 Å². The summed E-state index contributed by atoms with van der Waals surface area (Å²) in [5.74, 6) is -1.13. The highest BCUT2D eigenvalue weighted by Crippen LogP contribution is 2.29. The van der Waals surface area contributed by atoms with Crippen molar-refractivity contribution in [2.45, 2.75) is 64.8 Å². The third-order valence-electron chi connectivity index (χ3n) is 4.45. The number of ether oxygens (including phenoxy) is 1. The molecule has 2 aliphatic rings. The van der Waals surface area contributed by atoms with Gasteiger partial charge in [0.2, 0.25) is 11.8 Å². The number of carbonyl (C=O) groups is 3. The fourth-order valence-corrected chi connectivity index (χ4v) is 3.15. The molecule has 0 bridgehead atoms. The number of aliphatic hydroxyl groups excluding tert-OH is 1. The molecule has 6 heteroatoms. The normalized spacial score (nSPS) is 28.3. The molecule has 23 heavy (non-hydrogen) atoms. The Hall–Kier alpha value is -1.53. The van der Waals surface area contributed by atoms with Crippen LogP contribution in [-0.2, 0) is 19.1 Å². The molecule has 128 valence electrons. The molecule has 2 aliphatic heterocycles. The summed E-state index contributed by atoms with van der Waals surface area (Å²) in [5.41, 5.74) is 1.04. The van der Waals surface area contributed by atoms with E-state index in [-0.39, 0.29) is 60.9 Å². The second-order valence-electron chi connectivity index (χ2n) is 6.77. The summed E-state index contributed by atoms with van der Waals surface area (Å²) in [7, 11) is 0. The van der Waals surface area contributed by atoms with Gasteiger partial charge in [-0.25, -0.2) is 0 Å². The zero-order valence-electron chi connectivity index (χ0n) is 13.9. The second-order valence-corrected chi connectivity index (χ2v) is 6.77. The molecule has 0 aromatic carbocycles. The Morgan fingerprint density at radius 2 is 1.96 bits per heavy atom. The first-order valence-electron chi connectivity index (χ1n) is 8.13. The summed E-state index contributed by atoms with van der Waals surface area (Å²) in [4.78, 5) is 34.8. The Morgan fingerprint density at radius 1 is 1.39 bits per heavy atom. The predicted molar refractivity (Wildman–Crippen MR) is 83.4 cm³/mol. The molecule has 4 unspecified atom stereocenters. The Labute approximate surface area is 136 Å². The summed E-state index contributed by atoms with van der Waals surface area (Å²) in [5, 5.41) is 12.3. The molecule has 2 saturated heterocycles. The van der Waals surface area contributed by atoms with E-state index in [9.17, 15) is 19.5 Å². The van der Waals surface area contributed by atoms with Crippen molar-refractivity contribution in [2.75, 3.05) is 0 Å². The molecule has 0 aliphatic carbocycles. The van der Waals surface area contributed by atoms with Crippen molar-refractivity contribution in [1.29, 1.82) is 0 Å². The molecule has 2 N–H and O–H groups in total. The monoisotopic (exact) mass is 323 g/mol. The number of imide groups is 1. The summed E-state index contributed by atoms with van der Waals surface area (Å²) >= 11 is 0. The number of nitrogens with one attached hydrogen (secondary N) is 1. The van der Waals surface area contributed by atoms with Crippen molar-refractivity contribution in [3.8, 4) is 0 Å². The maximum Gasteiger partial charge on any atom is 0.226 e. The lowest BCUT2D eigenvalue weighted by atomic mass is 9.88. The molecule has 0 saturated carbocycles. The molecule has 0 aromatic rings. The minimum Gasteiger partial charge on any atom is -0.393 e. The lowest BCUT2D eigenvalue weighted by Gasteiger charge is -2.23. The molecule has 4 atom stereocenters. The van der Waals surface area contributed by atoms with Crippen LogP contribution in [0.1, 0.15) is 46.5 Å². The summed E-state index contributed by atoms with van der Waals surface area (Å²) in [6, 6.07) is 0. The lowest BCUT2D eigenvalue weighted by Crippen LogP contribution is -2.39. The average Bonchev–Trinajstić information content (AvgIpc) is 3.14. The van der Waals surface area contributed by atoms with E-state index in [0.717, 1.165) is 5.57 Å². The fraction of sp³-hybridized carbons (Fsp3) is 0.706. The molecule has 2 fully saturated rings. The van der Waals surface area contributed by atoms with Crippen LogP contribution in [0, 0.1) is 11.8 Å². The Balaban J connectivity index is 1.79. The standard InChI is InChI=1S/C17H25NO5/c1-9(4-10(2)17-11(3)23-17)14(20)8-13(19)5-12-6-15(21)18-16(22)7-12/h4,9,11-13,17,19H,5-8H2,1-3H3,(H,18,21,22)/b10-4-. The van der Waals surface area contributed by atoms with E-state index in [2.05, 4.69) is 5.32 Å². The number of Topliss-reactive ketones (excluding diaryl/α,β-unsaturated/α-hetero) is 1. The van der Waals surface area contributed by atoms with Crippen LogP contribution in [0.25, 0.3) is 0 Å². The number of carbonyl (C=O) groups excluding carboxylic acids is 3. The van der Waals surface area contributed by atoms with E-state index in [1.165, 1.54) is 0 Å². The third-order valence-corrected chi connectivity index (χ3v) is 4.45. The molecule has 2 heterocycles. The van der Waals surface area contributed by atoms with Crippen LogP contribution in [0.4, 0.5) is 0 Å². The molecule has 0 spiro atoms. The number of amides is 2. The quantitative estimate of drug-likeness (QED) is 0.416. The zero-order valence-corrected chi connectivity index (χ0v) is 13.9. The molecular weight excluding hydrogens is 298 g/mol. The molecule has 0 aromatic heterocycles. The van der Waals surface area contributed by atoms with Gasteiger partial charge in [-0.2, -0.15) is 0 Å². The van der Waals surface area contributed by atoms with E-state index >= 15 is 0 Å². The van der Waals surface area contributed by atoms with Crippen molar-refractivity contribution in [1.82, 2.24) is 5.32 Å². The SMILES string of the molecule is C/C(=C/C(C)C(=O)CC(O)CC1CC(=O)NC(=O)C1)C1OC1C. The van der Waals surface area contributed by atoms with Crippen LogP contribution >= 0.6 is 0 Å². The summed E-state index contributed by atoms with van der Waals surface area (Å²) in [6.07, 6.45) is 2.18. The molecule has 2 rings (SSSR count). The Morgan fingerprint density at radius 3 is 2.48 bits per heavy atom. The van der Waals surface area contributed by atoms with Gasteiger partial charge in [0.25, 0.3) is 0 Å². The molecule has 6 nitrogen and oxygen atoms in total. The highest BCUT2D eigenvalue weighted by atomic mass is 16.6. The first-order chi connectivity index (χ1) is 10.8. The highest BCUT2D eigenvalue weighted by Gasteiger charge is 2.35. The molecule has 0 radical (unpaired) electrons. The number of rotatable bonds is 7. The van der Waals surface area contributed by atoms with Gasteiger partial charge in [0.15, 0.2) is 0 Å². The largest absolute Gasteiger partial charge is 0.393 e. The third kappa shape index (κ3) is 5.25. The van der Waals surface area contributed by atoms with Crippen molar-refractivity contribution in [2.24, 2.45) is 11.8 Å². The maximum atomic E-state index is 12.2. The predicted octanol–water partition coefficient (Wildman–Crippen LogP) is 1.12. The van der Waals surface area contributed by atoms with Crippen LogP contribution in [-0.4, -0.2) is 41.0 Å². The van der Waals surface area contributed by atoms with E-state index in [1.807, 2.05) is 26.8 Å². The number of allylic oxidation sites excluding steroid dienone is 1. The van der Waals surface area contributed by atoms with Gasteiger partial charge >= 0.3 is 0 Å². The van der Waals surface area contributed by atoms with Crippen LogP contribution in [0.15, 0.2) is 11.6 Å². The van der Waals surface area contributed by atoms with Crippen LogP contribution in [0.2, 0.25) is 0 Å². The van der Waals surface area contributed by atoms with E-state index in [4.69, 9.17) is 4.74 Å².